The first-order chi connectivity index (χ1) is 16.6. The topological polar surface area (TPSA) is 59.4 Å². The Morgan fingerprint density at radius 1 is 1.06 bits per heavy atom. The van der Waals surface area contributed by atoms with E-state index in [0.29, 0.717) is 11.3 Å². The molecule has 1 aromatic heterocycles. The predicted molar refractivity (Wildman–Crippen MR) is 128 cm³/mol. The lowest BCUT2D eigenvalue weighted by atomic mass is 9.91. The third kappa shape index (κ3) is 5.80. The summed E-state index contributed by atoms with van der Waals surface area (Å²) in [7, 11) is 0. The maximum Gasteiger partial charge on any atom is 0.416 e. The normalized spacial score (nSPS) is 18.8. The molecule has 182 valence electrons. The van der Waals surface area contributed by atoms with Crippen LogP contribution in [-0.4, -0.2) is 28.3 Å². The highest BCUT2D eigenvalue weighted by atomic mass is 19.4. The second-order valence-electron chi connectivity index (χ2n) is 8.93. The lowest BCUT2D eigenvalue weighted by molar-refractivity contribution is -0.156. The molecule has 2 heterocycles. The molecule has 2 aromatic carbocycles. The Morgan fingerprint density at radius 3 is 2.34 bits per heavy atom. The summed E-state index contributed by atoms with van der Waals surface area (Å²) >= 11 is 0. The summed E-state index contributed by atoms with van der Waals surface area (Å²) in [6.07, 6.45) is -2.05. The van der Waals surface area contributed by atoms with Gasteiger partial charge >= 0.3 is 12.1 Å². The summed E-state index contributed by atoms with van der Waals surface area (Å²) in [5.74, 6) is -0.464. The highest BCUT2D eigenvalue weighted by Crippen LogP contribution is 2.36. The van der Waals surface area contributed by atoms with Gasteiger partial charge in [0.15, 0.2) is 0 Å². The van der Waals surface area contributed by atoms with Gasteiger partial charge in [0.1, 0.15) is 6.10 Å². The molecule has 4 rings (SSSR count). The summed E-state index contributed by atoms with van der Waals surface area (Å²) < 4.78 is 44.8. The van der Waals surface area contributed by atoms with Gasteiger partial charge in [0.2, 0.25) is 0 Å². The number of carbonyl (C=O) groups is 1. The maximum atomic E-state index is 13.2. The van der Waals surface area contributed by atoms with E-state index in [1.165, 1.54) is 12.1 Å². The highest BCUT2D eigenvalue weighted by molar-refractivity contribution is 5.81. The largest absolute Gasteiger partial charge is 0.458 e. The molecule has 1 aliphatic rings. The second kappa shape index (κ2) is 10.0. The fraction of sp³-hybridized carbons (Fsp3) is 0.286. The van der Waals surface area contributed by atoms with Gasteiger partial charge in [-0.05, 0) is 41.3 Å². The number of hydrogen-bond acceptors (Lipinski definition) is 4. The molecular weight excluding hydrogens is 455 g/mol. The molecule has 7 heteroatoms. The Morgan fingerprint density at radius 2 is 1.74 bits per heavy atom. The monoisotopic (exact) mass is 481 g/mol. The zero-order valence-electron chi connectivity index (χ0n) is 19.4. The van der Waals surface area contributed by atoms with Gasteiger partial charge in [-0.1, -0.05) is 62.4 Å². The number of cyclic esters (lactones) is 1. The first-order valence-corrected chi connectivity index (χ1v) is 11.5. The van der Waals surface area contributed by atoms with Crippen LogP contribution in [0.3, 0.4) is 0 Å². The van der Waals surface area contributed by atoms with E-state index >= 15 is 0 Å². The van der Waals surface area contributed by atoms with E-state index in [2.05, 4.69) is 0 Å². The van der Waals surface area contributed by atoms with Gasteiger partial charge in [-0.3, -0.25) is 9.78 Å². The standard InChI is InChI=1S/C28H26F3NO3/c1-17(2)27-23(13-12-22-14-21(33)15-26(34)35-22)24(16-25(32-27)19-6-4-3-5-7-19)18-8-10-20(11-9-18)28(29,30)31/h3-13,16-17,21-22,33H,14-15H2,1-2H3/t21-,22-/m1/s1. The molecule has 1 fully saturated rings. The summed E-state index contributed by atoms with van der Waals surface area (Å²) in [6, 6.07) is 16.5. The van der Waals surface area contributed by atoms with E-state index in [4.69, 9.17) is 9.72 Å². The highest BCUT2D eigenvalue weighted by Gasteiger charge is 2.30. The number of nitrogens with zero attached hydrogens (tertiary/aromatic N) is 1. The van der Waals surface area contributed by atoms with Crippen LogP contribution in [0.15, 0.2) is 66.7 Å². The van der Waals surface area contributed by atoms with E-state index in [1.54, 1.807) is 12.2 Å². The van der Waals surface area contributed by atoms with Gasteiger partial charge in [-0.2, -0.15) is 13.2 Å². The van der Waals surface area contributed by atoms with Crippen molar-refractivity contribution < 1.29 is 27.8 Å². The van der Waals surface area contributed by atoms with Crippen molar-refractivity contribution >= 4 is 12.0 Å². The van der Waals surface area contributed by atoms with E-state index < -0.39 is 29.9 Å². The number of alkyl halides is 3. The second-order valence-corrected chi connectivity index (χ2v) is 8.93. The van der Waals surface area contributed by atoms with Gasteiger partial charge in [0.05, 0.1) is 29.5 Å². The van der Waals surface area contributed by atoms with Crippen LogP contribution in [0.25, 0.3) is 28.5 Å². The zero-order valence-corrected chi connectivity index (χ0v) is 19.4. The molecule has 0 saturated carbocycles. The molecule has 0 spiro atoms. The summed E-state index contributed by atoms with van der Waals surface area (Å²) in [5, 5.41) is 9.94. The Balaban J connectivity index is 1.86. The molecule has 35 heavy (non-hydrogen) atoms. The van der Waals surface area contributed by atoms with Gasteiger partial charge in [-0.15, -0.1) is 0 Å². The molecule has 0 bridgehead atoms. The average Bonchev–Trinajstić information content (AvgIpc) is 2.81. The van der Waals surface area contributed by atoms with Crippen molar-refractivity contribution in [3.63, 3.8) is 0 Å². The van der Waals surface area contributed by atoms with E-state index in [1.807, 2.05) is 50.2 Å². The SMILES string of the molecule is CC(C)c1nc(-c2ccccc2)cc(-c2ccc(C(F)(F)F)cc2)c1C=C[C@@H]1C[C@@H](O)CC(=O)O1. The Kier molecular flexibility index (Phi) is 7.08. The van der Waals surface area contributed by atoms with Crippen LogP contribution in [0, 0.1) is 0 Å². The fourth-order valence-electron chi connectivity index (χ4n) is 4.15. The summed E-state index contributed by atoms with van der Waals surface area (Å²) in [6.45, 7) is 3.99. The average molecular weight is 482 g/mol. The quantitative estimate of drug-likeness (QED) is 0.415. The number of pyridine rings is 1. The van der Waals surface area contributed by atoms with Crippen LogP contribution in [0.4, 0.5) is 13.2 Å². The van der Waals surface area contributed by atoms with Crippen LogP contribution in [0.2, 0.25) is 0 Å². The molecule has 1 aliphatic heterocycles. The molecule has 0 radical (unpaired) electrons. The number of rotatable bonds is 5. The minimum absolute atomic E-state index is 0.00556. The van der Waals surface area contributed by atoms with Crippen molar-refractivity contribution in [2.75, 3.05) is 0 Å². The number of aliphatic hydroxyl groups is 1. The molecule has 1 saturated heterocycles. The molecule has 1 N–H and O–H groups in total. The van der Waals surface area contributed by atoms with Gasteiger partial charge < -0.3 is 9.84 Å². The lowest BCUT2D eigenvalue weighted by Crippen LogP contribution is -2.31. The van der Waals surface area contributed by atoms with Gasteiger partial charge in [-0.25, -0.2) is 0 Å². The number of benzene rings is 2. The number of carbonyl (C=O) groups excluding carboxylic acids is 1. The first kappa shape index (κ1) is 24.7. The van der Waals surface area contributed by atoms with E-state index in [9.17, 15) is 23.1 Å². The molecule has 0 aliphatic carbocycles. The molecule has 0 unspecified atom stereocenters. The maximum absolute atomic E-state index is 13.2. The van der Waals surface area contributed by atoms with Crippen LogP contribution in [0.1, 0.15) is 49.4 Å². The van der Waals surface area contributed by atoms with E-state index in [-0.39, 0.29) is 18.8 Å². The molecule has 0 amide bonds. The Labute approximate surface area is 202 Å². The van der Waals surface area contributed by atoms with Crippen LogP contribution < -0.4 is 0 Å². The number of esters is 1. The smallest absolute Gasteiger partial charge is 0.416 e. The third-order valence-corrected chi connectivity index (χ3v) is 5.89. The lowest BCUT2D eigenvalue weighted by Gasteiger charge is -2.24. The minimum Gasteiger partial charge on any atom is -0.458 e. The fourth-order valence-corrected chi connectivity index (χ4v) is 4.15. The number of hydrogen-bond donors (Lipinski definition) is 1. The van der Waals surface area contributed by atoms with Crippen molar-refractivity contribution in [3.05, 3.63) is 83.6 Å². The molecule has 4 nitrogen and oxygen atoms in total. The zero-order chi connectivity index (χ0) is 25.2. The molecular formula is C28H26F3NO3. The van der Waals surface area contributed by atoms with E-state index in [0.717, 1.165) is 34.5 Å². The first-order valence-electron chi connectivity index (χ1n) is 11.5. The molecule has 2 atom stereocenters. The third-order valence-electron chi connectivity index (χ3n) is 5.89. The minimum atomic E-state index is -4.43. The van der Waals surface area contributed by atoms with Crippen molar-refractivity contribution in [3.8, 4) is 22.4 Å². The van der Waals surface area contributed by atoms with Crippen LogP contribution in [-0.2, 0) is 15.7 Å². The number of ether oxygens (including phenoxy) is 1. The Hall–Kier alpha value is -3.45. The van der Waals surface area contributed by atoms with Crippen LogP contribution >= 0.6 is 0 Å². The summed E-state index contributed by atoms with van der Waals surface area (Å²) in [5.41, 5.74) is 3.71. The van der Waals surface area contributed by atoms with Gasteiger partial charge in [0, 0.05) is 17.5 Å². The number of aliphatic hydroxyl groups excluding tert-OH is 1. The predicted octanol–water partition coefficient (Wildman–Crippen LogP) is 6.64. The van der Waals surface area contributed by atoms with Crippen molar-refractivity contribution in [2.24, 2.45) is 0 Å². The summed E-state index contributed by atoms with van der Waals surface area (Å²) in [4.78, 5) is 16.6. The van der Waals surface area contributed by atoms with Gasteiger partial charge in [0.25, 0.3) is 0 Å². The van der Waals surface area contributed by atoms with Crippen molar-refractivity contribution in [2.45, 2.75) is 51.0 Å². The Bertz CT molecular complexity index is 1220. The van der Waals surface area contributed by atoms with Crippen molar-refractivity contribution in [1.29, 1.82) is 0 Å². The molecule has 3 aromatic rings. The number of aromatic nitrogens is 1. The van der Waals surface area contributed by atoms with Crippen molar-refractivity contribution in [1.82, 2.24) is 4.98 Å². The number of halogens is 3. The van der Waals surface area contributed by atoms with Crippen LogP contribution in [0.5, 0.6) is 0 Å².